The van der Waals surface area contributed by atoms with E-state index in [0.717, 1.165) is 16.3 Å². The van der Waals surface area contributed by atoms with Crippen molar-refractivity contribution in [2.45, 2.75) is 25.8 Å². The molecule has 1 aromatic heterocycles. The number of anilines is 1. The molecule has 4 aromatic rings. The third-order valence-electron chi connectivity index (χ3n) is 6.12. The lowest BCUT2D eigenvalue weighted by atomic mass is 9.97. The second kappa shape index (κ2) is 8.10. The van der Waals surface area contributed by atoms with Crippen molar-refractivity contribution in [1.29, 1.82) is 0 Å². The number of carbonyl (C=O) groups is 2. The summed E-state index contributed by atoms with van der Waals surface area (Å²) < 4.78 is 5.62. The zero-order valence-corrected chi connectivity index (χ0v) is 18.4. The zero-order valence-electron chi connectivity index (χ0n) is 18.4. The van der Waals surface area contributed by atoms with E-state index < -0.39 is 17.7 Å². The summed E-state index contributed by atoms with van der Waals surface area (Å²) in [5.74, 6) is -0.916. The van der Waals surface area contributed by atoms with Gasteiger partial charge in [0.2, 0.25) is 0 Å². The number of furan rings is 1. The number of fused-ring (bicyclic) bond motifs is 1. The maximum atomic E-state index is 13.2. The van der Waals surface area contributed by atoms with E-state index >= 15 is 0 Å². The molecule has 2 heterocycles. The molecular formula is C28H23NO4. The number of nitrogens with zero attached hydrogens (tertiary/aromatic N) is 1. The Labute approximate surface area is 191 Å². The number of carbonyl (C=O) groups excluding carboxylic acids is 2. The Morgan fingerprint density at radius 2 is 1.64 bits per heavy atom. The summed E-state index contributed by atoms with van der Waals surface area (Å²) in [6.45, 7) is 4.18. The van der Waals surface area contributed by atoms with E-state index in [1.54, 1.807) is 18.2 Å². The maximum absolute atomic E-state index is 13.2. The smallest absolute Gasteiger partial charge is 0.300 e. The third kappa shape index (κ3) is 3.52. The van der Waals surface area contributed by atoms with E-state index in [1.165, 1.54) is 11.2 Å². The van der Waals surface area contributed by atoms with Crippen molar-refractivity contribution >= 4 is 33.9 Å². The first-order valence-corrected chi connectivity index (χ1v) is 10.9. The molecule has 0 aliphatic carbocycles. The van der Waals surface area contributed by atoms with Crippen LogP contribution in [0, 0.1) is 0 Å². The fourth-order valence-corrected chi connectivity index (χ4v) is 4.33. The van der Waals surface area contributed by atoms with Gasteiger partial charge in [0, 0.05) is 11.3 Å². The molecule has 0 bridgehead atoms. The molecule has 5 rings (SSSR count). The number of benzene rings is 3. The predicted molar refractivity (Wildman–Crippen MR) is 128 cm³/mol. The molecule has 33 heavy (non-hydrogen) atoms. The van der Waals surface area contributed by atoms with Crippen LogP contribution in [0.25, 0.3) is 16.5 Å². The normalized spacial score (nSPS) is 17.9. The standard InChI is InChI=1S/C28H23NO4/c1-17(2)18-11-13-22(14-12-18)29-25(23-8-5-15-33-23)24(27(31)28(29)32)26(30)21-10-9-19-6-3-4-7-20(19)16-21/h3-17,25,30H,1-2H3/b26-24-. The van der Waals surface area contributed by atoms with Crippen molar-refractivity contribution in [2.75, 3.05) is 4.90 Å². The first-order chi connectivity index (χ1) is 16.0. The summed E-state index contributed by atoms with van der Waals surface area (Å²) in [4.78, 5) is 27.8. The lowest BCUT2D eigenvalue weighted by Crippen LogP contribution is -2.29. The Kier molecular flexibility index (Phi) is 5.09. The fraction of sp³-hybridized carbons (Fsp3) is 0.143. The van der Waals surface area contributed by atoms with Crippen molar-refractivity contribution in [2.24, 2.45) is 0 Å². The molecule has 1 aliphatic heterocycles. The van der Waals surface area contributed by atoms with Gasteiger partial charge >= 0.3 is 0 Å². The van der Waals surface area contributed by atoms with Crippen LogP contribution in [0.1, 0.15) is 42.7 Å². The Balaban J connectivity index is 1.67. The fourth-order valence-electron chi connectivity index (χ4n) is 4.33. The predicted octanol–water partition coefficient (Wildman–Crippen LogP) is 6.18. The molecule has 1 atom stereocenters. The van der Waals surface area contributed by atoms with E-state index in [9.17, 15) is 14.7 Å². The lowest BCUT2D eigenvalue weighted by Gasteiger charge is -2.23. The van der Waals surface area contributed by atoms with E-state index in [1.807, 2.05) is 60.7 Å². The molecule has 0 saturated carbocycles. The Morgan fingerprint density at radius 1 is 0.909 bits per heavy atom. The summed E-state index contributed by atoms with van der Waals surface area (Å²) in [6.07, 6.45) is 1.49. The second-order valence-electron chi connectivity index (χ2n) is 8.49. The van der Waals surface area contributed by atoms with Gasteiger partial charge in [0.15, 0.2) is 0 Å². The molecule has 3 aromatic carbocycles. The Bertz CT molecular complexity index is 1380. The number of rotatable bonds is 4. The summed E-state index contributed by atoms with van der Waals surface area (Å²) in [7, 11) is 0. The molecule has 5 heteroatoms. The SMILES string of the molecule is CC(C)c1ccc(N2C(=O)C(=O)/C(=C(\O)c3ccc4ccccc4c3)C2c2ccco2)cc1. The summed E-state index contributed by atoms with van der Waals surface area (Å²) in [5, 5.41) is 13.2. The van der Waals surface area contributed by atoms with Gasteiger partial charge in [-0.25, -0.2) is 0 Å². The van der Waals surface area contributed by atoms with E-state index in [0.29, 0.717) is 22.9 Å². The van der Waals surface area contributed by atoms with E-state index in [2.05, 4.69) is 13.8 Å². The minimum absolute atomic E-state index is 0.0122. The largest absolute Gasteiger partial charge is 0.507 e. The Hall–Kier alpha value is -4.12. The minimum Gasteiger partial charge on any atom is -0.507 e. The molecular weight excluding hydrogens is 414 g/mol. The number of amides is 1. The highest BCUT2D eigenvalue weighted by Gasteiger charge is 2.48. The number of aliphatic hydroxyl groups excluding tert-OH is 1. The average molecular weight is 437 g/mol. The second-order valence-corrected chi connectivity index (χ2v) is 8.49. The molecule has 1 fully saturated rings. The maximum Gasteiger partial charge on any atom is 0.300 e. The molecule has 1 unspecified atom stereocenters. The number of Topliss-reactive ketones (excluding diaryl/α,β-unsaturated/α-hetero) is 1. The van der Waals surface area contributed by atoms with Gasteiger partial charge in [0.25, 0.3) is 11.7 Å². The van der Waals surface area contributed by atoms with Gasteiger partial charge in [0.05, 0.1) is 11.8 Å². The first kappa shape index (κ1) is 20.8. The zero-order chi connectivity index (χ0) is 23.1. The summed E-state index contributed by atoms with van der Waals surface area (Å²) in [6, 6.07) is 23.3. The highest BCUT2D eigenvalue weighted by Crippen LogP contribution is 2.42. The van der Waals surface area contributed by atoms with Crippen LogP contribution in [0.5, 0.6) is 0 Å². The van der Waals surface area contributed by atoms with Crippen LogP contribution in [0.2, 0.25) is 0 Å². The monoisotopic (exact) mass is 437 g/mol. The quantitative estimate of drug-likeness (QED) is 0.235. The highest BCUT2D eigenvalue weighted by molar-refractivity contribution is 6.51. The number of aliphatic hydroxyl groups is 1. The van der Waals surface area contributed by atoms with Crippen molar-refractivity contribution in [3.05, 3.63) is 108 Å². The Morgan fingerprint density at radius 3 is 2.30 bits per heavy atom. The summed E-state index contributed by atoms with van der Waals surface area (Å²) in [5.41, 5.74) is 2.18. The van der Waals surface area contributed by atoms with Crippen LogP contribution >= 0.6 is 0 Å². The van der Waals surface area contributed by atoms with E-state index in [4.69, 9.17) is 4.42 Å². The van der Waals surface area contributed by atoms with Crippen molar-refractivity contribution in [3.63, 3.8) is 0 Å². The molecule has 1 saturated heterocycles. The van der Waals surface area contributed by atoms with Crippen LogP contribution in [0.4, 0.5) is 5.69 Å². The molecule has 0 spiro atoms. The third-order valence-corrected chi connectivity index (χ3v) is 6.12. The molecule has 0 radical (unpaired) electrons. The number of ketones is 1. The van der Waals surface area contributed by atoms with Gasteiger partial charge in [-0.05, 0) is 52.6 Å². The van der Waals surface area contributed by atoms with Crippen molar-refractivity contribution < 1.29 is 19.1 Å². The van der Waals surface area contributed by atoms with Crippen LogP contribution < -0.4 is 4.90 Å². The van der Waals surface area contributed by atoms with Crippen LogP contribution in [0.15, 0.2) is 95.1 Å². The van der Waals surface area contributed by atoms with Gasteiger partial charge < -0.3 is 9.52 Å². The van der Waals surface area contributed by atoms with Crippen LogP contribution in [-0.4, -0.2) is 16.8 Å². The van der Waals surface area contributed by atoms with Gasteiger partial charge in [-0.2, -0.15) is 0 Å². The van der Waals surface area contributed by atoms with Gasteiger partial charge in [-0.3, -0.25) is 14.5 Å². The molecule has 1 amide bonds. The average Bonchev–Trinajstić information content (AvgIpc) is 3.45. The number of hydrogen-bond donors (Lipinski definition) is 1. The minimum atomic E-state index is -0.864. The van der Waals surface area contributed by atoms with Crippen LogP contribution in [0.3, 0.4) is 0 Å². The van der Waals surface area contributed by atoms with Crippen molar-refractivity contribution in [1.82, 2.24) is 0 Å². The van der Waals surface area contributed by atoms with Crippen LogP contribution in [-0.2, 0) is 9.59 Å². The molecule has 5 nitrogen and oxygen atoms in total. The molecule has 1 N–H and O–H groups in total. The highest BCUT2D eigenvalue weighted by atomic mass is 16.3. The molecule has 1 aliphatic rings. The van der Waals surface area contributed by atoms with Crippen molar-refractivity contribution in [3.8, 4) is 0 Å². The first-order valence-electron chi connectivity index (χ1n) is 10.9. The summed E-state index contributed by atoms with van der Waals surface area (Å²) >= 11 is 0. The van der Waals surface area contributed by atoms with Gasteiger partial charge in [-0.15, -0.1) is 0 Å². The lowest BCUT2D eigenvalue weighted by molar-refractivity contribution is -0.132. The van der Waals surface area contributed by atoms with E-state index in [-0.39, 0.29) is 11.3 Å². The van der Waals surface area contributed by atoms with Gasteiger partial charge in [0.1, 0.15) is 17.6 Å². The van der Waals surface area contributed by atoms with Gasteiger partial charge in [-0.1, -0.05) is 62.4 Å². The molecule has 164 valence electrons. The number of hydrogen-bond acceptors (Lipinski definition) is 4. The topological polar surface area (TPSA) is 70.8 Å².